The van der Waals surface area contributed by atoms with Gasteiger partial charge in [0.1, 0.15) is 23.1 Å². The second kappa shape index (κ2) is 11.5. The second-order valence-corrected chi connectivity index (χ2v) is 13.0. The van der Waals surface area contributed by atoms with Gasteiger partial charge in [-0.05, 0) is 48.7 Å². The van der Waals surface area contributed by atoms with E-state index in [2.05, 4.69) is 16.5 Å². The molecule has 1 aliphatic rings. The summed E-state index contributed by atoms with van der Waals surface area (Å²) in [6, 6.07) is 8.73. The van der Waals surface area contributed by atoms with Crippen LogP contribution in [-0.4, -0.2) is 70.8 Å². The molecule has 0 spiro atoms. The number of phenolic OH excluding ortho intramolecular Hbond substituents is 1. The standard InChI is InChI=1S/C31H31F2N5O5S/c1-6-25(40)36-13-14-37(18(4)16-36)29-20-15-22(33)27(26-21(32)10-8-11-23(26)39)34-30(20)38(31(41)35-29)28-19(17(2)3)9-7-12-24(28)44(5,42)43/h6-12,15,17-18,39H,1,13-14,16H2,2-5H3/t18-/m0/s1. The fraction of sp³-hybridized carbons (Fsp3) is 0.290. The number of phenols is 1. The quantitative estimate of drug-likeness (QED) is 0.317. The zero-order valence-electron chi connectivity index (χ0n) is 24.6. The van der Waals surface area contributed by atoms with E-state index in [1.165, 1.54) is 24.3 Å². The van der Waals surface area contributed by atoms with E-state index in [1.807, 2.05) is 20.8 Å². The van der Waals surface area contributed by atoms with E-state index in [9.17, 15) is 27.5 Å². The molecule has 2 aromatic heterocycles. The third kappa shape index (κ3) is 5.32. The van der Waals surface area contributed by atoms with Gasteiger partial charge in [0.25, 0.3) is 0 Å². The minimum atomic E-state index is -3.91. The molecule has 10 nitrogen and oxygen atoms in total. The molecule has 1 aliphatic heterocycles. The molecule has 3 heterocycles. The highest BCUT2D eigenvalue weighted by Crippen LogP contribution is 2.37. The number of amides is 1. The maximum atomic E-state index is 15.9. The molecule has 0 bridgehead atoms. The summed E-state index contributed by atoms with van der Waals surface area (Å²) in [6.45, 7) is 9.76. The van der Waals surface area contributed by atoms with Crippen LogP contribution in [0.3, 0.4) is 0 Å². The Morgan fingerprint density at radius 3 is 2.43 bits per heavy atom. The van der Waals surface area contributed by atoms with Gasteiger partial charge in [0.05, 0.1) is 21.5 Å². The van der Waals surface area contributed by atoms with Crippen LogP contribution in [0.4, 0.5) is 14.6 Å². The normalized spacial score (nSPS) is 15.7. The number of carbonyl (C=O) groups excluding carboxylic acids is 1. The van der Waals surface area contributed by atoms with Crippen molar-refractivity contribution in [1.29, 1.82) is 0 Å². The smallest absolute Gasteiger partial charge is 0.355 e. The van der Waals surface area contributed by atoms with Crippen molar-refractivity contribution in [1.82, 2.24) is 19.4 Å². The van der Waals surface area contributed by atoms with Crippen molar-refractivity contribution >= 4 is 32.6 Å². The number of aromatic hydroxyl groups is 1. The van der Waals surface area contributed by atoms with Gasteiger partial charge in [-0.1, -0.05) is 38.6 Å². The number of hydrogen-bond donors (Lipinski definition) is 1. The Morgan fingerprint density at radius 2 is 1.82 bits per heavy atom. The van der Waals surface area contributed by atoms with Gasteiger partial charge in [0.2, 0.25) is 5.91 Å². The molecule has 1 fully saturated rings. The van der Waals surface area contributed by atoms with Crippen LogP contribution in [0.5, 0.6) is 5.75 Å². The highest BCUT2D eigenvalue weighted by molar-refractivity contribution is 7.90. The monoisotopic (exact) mass is 623 g/mol. The van der Waals surface area contributed by atoms with Crippen LogP contribution in [0.25, 0.3) is 28.0 Å². The molecule has 1 atom stereocenters. The van der Waals surface area contributed by atoms with Crippen molar-refractivity contribution in [2.24, 2.45) is 0 Å². The third-order valence-electron chi connectivity index (χ3n) is 7.69. The largest absolute Gasteiger partial charge is 0.507 e. The van der Waals surface area contributed by atoms with E-state index in [4.69, 9.17) is 0 Å². The number of aromatic nitrogens is 3. The Morgan fingerprint density at radius 1 is 1.11 bits per heavy atom. The Balaban J connectivity index is 1.90. The van der Waals surface area contributed by atoms with E-state index < -0.39 is 44.2 Å². The van der Waals surface area contributed by atoms with E-state index in [-0.39, 0.29) is 64.9 Å². The van der Waals surface area contributed by atoms with Gasteiger partial charge in [-0.25, -0.2) is 31.5 Å². The summed E-state index contributed by atoms with van der Waals surface area (Å²) >= 11 is 0. The zero-order chi connectivity index (χ0) is 32.1. The number of carbonyl (C=O) groups is 1. The number of hydrogen-bond acceptors (Lipinski definition) is 8. The number of pyridine rings is 1. The number of anilines is 1. The zero-order valence-corrected chi connectivity index (χ0v) is 25.4. The van der Waals surface area contributed by atoms with E-state index >= 15 is 4.39 Å². The molecule has 0 saturated carbocycles. The summed E-state index contributed by atoms with van der Waals surface area (Å²) in [5.74, 6) is -2.98. The van der Waals surface area contributed by atoms with Gasteiger partial charge in [0, 0.05) is 31.9 Å². The van der Waals surface area contributed by atoms with Gasteiger partial charge in [0.15, 0.2) is 21.3 Å². The van der Waals surface area contributed by atoms with Crippen molar-refractivity contribution in [2.75, 3.05) is 30.8 Å². The first-order valence-electron chi connectivity index (χ1n) is 13.9. The van der Waals surface area contributed by atoms with Crippen molar-refractivity contribution in [3.05, 3.63) is 82.8 Å². The molecular formula is C31H31F2N5O5S. The maximum Gasteiger partial charge on any atom is 0.355 e. The molecule has 5 rings (SSSR count). The Kier molecular flexibility index (Phi) is 8.02. The highest BCUT2D eigenvalue weighted by Gasteiger charge is 2.32. The predicted molar refractivity (Wildman–Crippen MR) is 163 cm³/mol. The molecule has 1 amide bonds. The molecule has 2 aromatic carbocycles. The SMILES string of the molecule is C=CC(=O)N1CCN(c2nc(=O)n(-c3c(C(C)C)cccc3S(C)(=O)=O)c3nc(-c4c(O)cccc4F)c(F)cc23)[C@@H](C)C1. The second-order valence-electron chi connectivity index (χ2n) is 11.0. The molecule has 230 valence electrons. The number of fused-ring (bicyclic) bond motifs is 1. The molecule has 1 saturated heterocycles. The number of sulfone groups is 1. The van der Waals surface area contributed by atoms with Crippen LogP contribution in [0.2, 0.25) is 0 Å². The lowest BCUT2D eigenvalue weighted by Crippen LogP contribution is -2.54. The first-order chi connectivity index (χ1) is 20.7. The van der Waals surface area contributed by atoms with E-state index in [0.717, 1.165) is 23.0 Å². The summed E-state index contributed by atoms with van der Waals surface area (Å²) in [5, 5.41) is 10.5. The molecule has 4 aromatic rings. The Bertz CT molecular complexity index is 1970. The lowest BCUT2D eigenvalue weighted by atomic mass is 10.0. The van der Waals surface area contributed by atoms with Crippen molar-refractivity contribution in [3.63, 3.8) is 0 Å². The average molecular weight is 624 g/mol. The van der Waals surface area contributed by atoms with Gasteiger partial charge < -0.3 is 14.9 Å². The molecule has 0 unspecified atom stereocenters. The Labute approximate surface area is 252 Å². The average Bonchev–Trinajstić information content (AvgIpc) is 2.96. The third-order valence-corrected chi connectivity index (χ3v) is 8.82. The van der Waals surface area contributed by atoms with Crippen molar-refractivity contribution < 1.29 is 27.1 Å². The number of rotatable bonds is 6. The topological polar surface area (TPSA) is 126 Å². The summed E-state index contributed by atoms with van der Waals surface area (Å²) in [6.07, 6.45) is 2.22. The van der Waals surface area contributed by atoms with Crippen LogP contribution >= 0.6 is 0 Å². The molecular weight excluding hydrogens is 592 g/mol. The van der Waals surface area contributed by atoms with Gasteiger partial charge in [-0.2, -0.15) is 4.98 Å². The molecule has 0 aliphatic carbocycles. The number of benzene rings is 2. The summed E-state index contributed by atoms with van der Waals surface area (Å²) < 4.78 is 57.9. The van der Waals surface area contributed by atoms with Gasteiger partial charge in [-0.3, -0.25) is 4.79 Å². The molecule has 44 heavy (non-hydrogen) atoms. The fourth-order valence-electron chi connectivity index (χ4n) is 5.59. The summed E-state index contributed by atoms with van der Waals surface area (Å²) in [4.78, 5) is 38.2. The minimum absolute atomic E-state index is 0.00342. The van der Waals surface area contributed by atoms with Crippen LogP contribution in [0.15, 0.2) is 64.8 Å². The Hall–Kier alpha value is -4.65. The number of nitrogens with zero attached hydrogens (tertiary/aromatic N) is 5. The highest BCUT2D eigenvalue weighted by atomic mass is 32.2. The molecule has 1 N–H and O–H groups in total. The van der Waals surface area contributed by atoms with Crippen LogP contribution in [0, 0.1) is 11.6 Å². The van der Waals surface area contributed by atoms with Gasteiger partial charge >= 0.3 is 5.69 Å². The van der Waals surface area contributed by atoms with Crippen LogP contribution in [-0.2, 0) is 14.6 Å². The number of para-hydroxylation sites is 1. The molecule has 0 radical (unpaired) electrons. The van der Waals surface area contributed by atoms with Crippen molar-refractivity contribution in [2.45, 2.75) is 37.6 Å². The first kappa shape index (κ1) is 30.8. The maximum absolute atomic E-state index is 15.9. The van der Waals surface area contributed by atoms with Crippen LogP contribution in [0.1, 0.15) is 32.3 Å². The predicted octanol–water partition coefficient (Wildman–Crippen LogP) is 4.18. The lowest BCUT2D eigenvalue weighted by Gasteiger charge is -2.40. The number of piperazine rings is 1. The van der Waals surface area contributed by atoms with E-state index in [1.54, 1.807) is 21.9 Å². The summed E-state index contributed by atoms with van der Waals surface area (Å²) in [5.41, 5.74) is -1.70. The fourth-order valence-corrected chi connectivity index (χ4v) is 6.48. The number of halogens is 2. The van der Waals surface area contributed by atoms with Gasteiger partial charge in [-0.15, -0.1) is 0 Å². The summed E-state index contributed by atoms with van der Waals surface area (Å²) in [7, 11) is -3.91. The van der Waals surface area contributed by atoms with Crippen molar-refractivity contribution in [3.8, 4) is 22.7 Å². The van der Waals surface area contributed by atoms with Crippen LogP contribution < -0.4 is 10.6 Å². The lowest BCUT2D eigenvalue weighted by molar-refractivity contribution is -0.126. The minimum Gasteiger partial charge on any atom is -0.507 e. The first-order valence-corrected chi connectivity index (χ1v) is 15.8. The van der Waals surface area contributed by atoms with E-state index in [0.29, 0.717) is 5.56 Å². The molecule has 13 heteroatoms.